The molecule has 0 aliphatic rings. The second-order valence-electron chi connectivity index (χ2n) is 5.03. The van der Waals surface area contributed by atoms with Gasteiger partial charge in [0.25, 0.3) is 5.91 Å². The van der Waals surface area contributed by atoms with Gasteiger partial charge in [-0.3, -0.25) is 9.78 Å². The number of rotatable bonds is 4. The van der Waals surface area contributed by atoms with Crippen molar-refractivity contribution < 1.29 is 4.79 Å². The van der Waals surface area contributed by atoms with Gasteiger partial charge < -0.3 is 5.32 Å². The van der Waals surface area contributed by atoms with Crippen LogP contribution in [-0.2, 0) is 0 Å². The third-order valence-electron chi connectivity index (χ3n) is 2.97. The number of halogens is 1. The summed E-state index contributed by atoms with van der Waals surface area (Å²) < 4.78 is 0. The number of amides is 1. The van der Waals surface area contributed by atoms with Gasteiger partial charge in [0.15, 0.2) is 0 Å². The standard InChI is InChI=1S/C15H17ClN4O/c1-9(2)14-18-8-11(16)13(20-14)15(21)19-10(3)12-6-4-5-7-17-12/h4-10H,1-3H3,(H,19,21). The molecule has 2 aromatic heterocycles. The minimum atomic E-state index is -0.331. The third kappa shape index (κ3) is 3.76. The lowest BCUT2D eigenvalue weighted by atomic mass is 10.2. The first-order valence-electron chi connectivity index (χ1n) is 6.73. The summed E-state index contributed by atoms with van der Waals surface area (Å²) in [7, 11) is 0. The third-order valence-corrected chi connectivity index (χ3v) is 3.25. The maximum Gasteiger partial charge on any atom is 0.272 e. The fourth-order valence-corrected chi connectivity index (χ4v) is 1.97. The van der Waals surface area contributed by atoms with E-state index < -0.39 is 0 Å². The van der Waals surface area contributed by atoms with E-state index in [2.05, 4.69) is 20.3 Å². The number of carbonyl (C=O) groups excluding carboxylic acids is 1. The minimum Gasteiger partial charge on any atom is -0.343 e. The van der Waals surface area contributed by atoms with Crippen LogP contribution in [0.1, 0.15) is 54.7 Å². The van der Waals surface area contributed by atoms with Gasteiger partial charge in [-0.2, -0.15) is 0 Å². The Morgan fingerprint density at radius 3 is 2.62 bits per heavy atom. The number of nitrogens with one attached hydrogen (secondary N) is 1. The van der Waals surface area contributed by atoms with Gasteiger partial charge in [-0.05, 0) is 19.1 Å². The van der Waals surface area contributed by atoms with Gasteiger partial charge in [-0.15, -0.1) is 0 Å². The largest absolute Gasteiger partial charge is 0.343 e. The maximum absolute atomic E-state index is 12.3. The number of hydrogen-bond acceptors (Lipinski definition) is 4. The monoisotopic (exact) mass is 304 g/mol. The summed E-state index contributed by atoms with van der Waals surface area (Å²) in [6.07, 6.45) is 3.15. The summed E-state index contributed by atoms with van der Waals surface area (Å²) >= 11 is 6.02. The highest BCUT2D eigenvalue weighted by molar-refractivity contribution is 6.33. The molecule has 0 fully saturated rings. The molecular weight excluding hydrogens is 288 g/mol. The quantitative estimate of drug-likeness (QED) is 0.942. The van der Waals surface area contributed by atoms with Gasteiger partial charge in [0.1, 0.15) is 11.5 Å². The SMILES string of the molecule is CC(C)c1ncc(Cl)c(C(=O)NC(C)c2ccccn2)n1. The number of nitrogens with zero attached hydrogens (tertiary/aromatic N) is 3. The van der Waals surface area contributed by atoms with E-state index in [1.807, 2.05) is 39.0 Å². The lowest BCUT2D eigenvalue weighted by Gasteiger charge is -2.14. The first kappa shape index (κ1) is 15.4. The van der Waals surface area contributed by atoms with E-state index in [4.69, 9.17) is 11.6 Å². The smallest absolute Gasteiger partial charge is 0.272 e. The molecule has 0 spiro atoms. The summed E-state index contributed by atoms with van der Waals surface area (Å²) in [5.74, 6) is 0.388. The highest BCUT2D eigenvalue weighted by atomic mass is 35.5. The highest BCUT2D eigenvalue weighted by Gasteiger charge is 2.18. The van der Waals surface area contributed by atoms with E-state index in [1.54, 1.807) is 6.20 Å². The Balaban J connectivity index is 2.19. The molecular formula is C15H17ClN4O. The van der Waals surface area contributed by atoms with Crippen molar-refractivity contribution in [2.24, 2.45) is 0 Å². The molecule has 0 aliphatic carbocycles. The molecule has 0 aromatic carbocycles. The predicted octanol–water partition coefficient (Wildman–Crippen LogP) is 3.14. The molecule has 21 heavy (non-hydrogen) atoms. The van der Waals surface area contributed by atoms with Crippen LogP contribution in [0.5, 0.6) is 0 Å². The van der Waals surface area contributed by atoms with Crippen molar-refractivity contribution in [3.05, 3.63) is 52.8 Å². The molecule has 1 unspecified atom stereocenters. The van der Waals surface area contributed by atoms with Crippen molar-refractivity contribution in [1.29, 1.82) is 0 Å². The average Bonchev–Trinajstić information content (AvgIpc) is 2.48. The van der Waals surface area contributed by atoms with Crippen molar-refractivity contribution in [3.63, 3.8) is 0 Å². The van der Waals surface area contributed by atoms with E-state index >= 15 is 0 Å². The zero-order chi connectivity index (χ0) is 15.4. The molecule has 110 valence electrons. The molecule has 1 N–H and O–H groups in total. The van der Waals surface area contributed by atoms with E-state index in [9.17, 15) is 4.79 Å². The molecule has 2 aromatic rings. The predicted molar refractivity (Wildman–Crippen MR) is 81.2 cm³/mol. The van der Waals surface area contributed by atoms with Crippen LogP contribution in [0.25, 0.3) is 0 Å². The number of carbonyl (C=O) groups is 1. The van der Waals surface area contributed by atoms with Crippen LogP contribution in [0, 0.1) is 0 Å². The molecule has 0 aliphatic heterocycles. The molecule has 6 heteroatoms. The number of pyridine rings is 1. The second-order valence-corrected chi connectivity index (χ2v) is 5.44. The van der Waals surface area contributed by atoms with Crippen LogP contribution in [0.4, 0.5) is 0 Å². The van der Waals surface area contributed by atoms with Crippen LogP contribution in [-0.4, -0.2) is 20.9 Å². The van der Waals surface area contributed by atoms with Crippen molar-refractivity contribution in [1.82, 2.24) is 20.3 Å². The summed E-state index contributed by atoms with van der Waals surface area (Å²) in [4.78, 5) is 24.9. The molecule has 1 amide bonds. The fraction of sp³-hybridized carbons (Fsp3) is 0.333. The van der Waals surface area contributed by atoms with Gasteiger partial charge in [-0.25, -0.2) is 9.97 Å². The van der Waals surface area contributed by atoms with Crippen LogP contribution in [0.3, 0.4) is 0 Å². The van der Waals surface area contributed by atoms with Crippen LogP contribution in [0.2, 0.25) is 5.02 Å². The Kier molecular flexibility index (Phi) is 4.85. The molecule has 2 heterocycles. The van der Waals surface area contributed by atoms with Crippen molar-refractivity contribution in [2.75, 3.05) is 0 Å². The van der Waals surface area contributed by atoms with Gasteiger partial charge in [-0.1, -0.05) is 31.5 Å². The van der Waals surface area contributed by atoms with E-state index in [1.165, 1.54) is 6.20 Å². The van der Waals surface area contributed by atoms with E-state index in [0.29, 0.717) is 5.82 Å². The number of aromatic nitrogens is 3. The van der Waals surface area contributed by atoms with Gasteiger partial charge in [0, 0.05) is 12.1 Å². The van der Waals surface area contributed by atoms with E-state index in [0.717, 1.165) is 5.69 Å². The molecule has 0 saturated carbocycles. The molecule has 0 saturated heterocycles. The van der Waals surface area contributed by atoms with Gasteiger partial charge in [0.05, 0.1) is 23.0 Å². The summed E-state index contributed by atoms with van der Waals surface area (Å²) in [5.41, 5.74) is 0.971. The highest BCUT2D eigenvalue weighted by Crippen LogP contribution is 2.17. The first-order chi connectivity index (χ1) is 9.99. The van der Waals surface area contributed by atoms with E-state index in [-0.39, 0.29) is 28.6 Å². The number of hydrogen-bond donors (Lipinski definition) is 1. The summed E-state index contributed by atoms with van der Waals surface area (Å²) in [6, 6.07) is 5.33. The van der Waals surface area contributed by atoms with Crippen molar-refractivity contribution in [2.45, 2.75) is 32.7 Å². The van der Waals surface area contributed by atoms with Crippen LogP contribution in [0.15, 0.2) is 30.6 Å². The average molecular weight is 305 g/mol. The zero-order valence-corrected chi connectivity index (χ0v) is 12.9. The summed E-state index contributed by atoms with van der Waals surface area (Å²) in [5, 5.41) is 3.08. The zero-order valence-electron chi connectivity index (χ0n) is 12.2. The van der Waals surface area contributed by atoms with Crippen molar-refractivity contribution >= 4 is 17.5 Å². The molecule has 1 atom stereocenters. The Labute approximate surface area is 128 Å². The molecule has 0 bridgehead atoms. The topological polar surface area (TPSA) is 67.8 Å². The van der Waals surface area contributed by atoms with Crippen LogP contribution >= 0.6 is 11.6 Å². The second kappa shape index (κ2) is 6.63. The van der Waals surface area contributed by atoms with Crippen molar-refractivity contribution in [3.8, 4) is 0 Å². The molecule has 2 rings (SSSR count). The Morgan fingerprint density at radius 2 is 2.00 bits per heavy atom. The van der Waals surface area contributed by atoms with Gasteiger partial charge >= 0.3 is 0 Å². The Morgan fingerprint density at radius 1 is 1.24 bits per heavy atom. The lowest BCUT2D eigenvalue weighted by molar-refractivity contribution is 0.0933. The lowest BCUT2D eigenvalue weighted by Crippen LogP contribution is -2.28. The van der Waals surface area contributed by atoms with Crippen LogP contribution < -0.4 is 5.32 Å². The molecule has 0 radical (unpaired) electrons. The fourth-order valence-electron chi connectivity index (χ4n) is 1.79. The Hall–Kier alpha value is -2.01. The maximum atomic E-state index is 12.3. The normalized spacial score (nSPS) is 12.2. The molecule has 5 nitrogen and oxygen atoms in total. The Bertz CT molecular complexity index is 631. The summed E-state index contributed by atoms with van der Waals surface area (Å²) in [6.45, 7) is 5.78. The first-order valence-corrected chi connectivity index (χ1v) is 7.11. The minimum absolute atomic E-state index is 0.127. The van der Waals surface area contributed by atoms with Gasteiger partial charge in [0.2, 0.25) is 0 Å².